The predicted octanol–water partition coefficient (Wildman–Crippen LogP) is 2.68. The predicted molar refractivity (Wildman–Crippen MR) is 64.0 cm³/mol. The highest BCUT2D eigenvalue weighted by Crippen LogP contribution is 2.33. The van der Waals surface area contributed by atoms with Gasteiger partial charge in [-0.2, -0.15) is 0 Å². The fourth-order valence-electron chi connectivity index (χ4n) is 2.61. The van der Waals surface area contributed by atoms with Crippen molar-refractivity contribution in [3.63, 3.8) is 0 Å². The van der Waals surface area contributed by atoms with Gasteiger partial charge in [0.25, 0.3) is 0 Å². The molecule has 1 saturated heterocycles. The molecule has 0 radical (unpaired) electrons. The van der Waals surface area contributed by atoms with Gasteiger partial charge in [0.2, 0.25) is 5.91 Å². The topological polar surface area (TPSA) is 29.5 Å². The smallest absolute Gasteiger partial charge is 0.227 e. The number of halogens is 3. The zero-order chi connectivity index (χ0) is 14.3. The zero-order valence-electron chi connectivity index (χ0n) is 10.5. The number of rotatable bonds is 1. The highest BCUT2D eigenvalue weighted by atomic mass is 19.2. The van der Waals surface area contributed by atoms with Crippen LogP contribution in [0.25, 0.3) is 0 Å². The standard InChI is InChI=1S/C14H12F3NO2/c15-10-4-8(5-11(16)14(10)17)12-7-20-6-9-2-1-3-13(19)18(9)12/h2,4-5,12H,1,3,6-7H2/t12-/m1/s1. The molecule has 0 aromatic heterocycles. The quantitative estimate of drug-likeness (QED) is 0.742. The zero-order valence-corrected chi connectivity index (χ0v) is 10.5. The van der Waals surface area contributed by atoms with Crippen LogP contribution < -0.4 is 0 Å². The Kier molecular flexibility index (Phi) is 3.25. The molecule has 2 aliphatic rings. The molecule has 1 amide bonds. The van der Waals surface area contributed by atoms with Crippen LogP contribution in [0, 0.1) is 17.5 Å². The minimum atomic E-state index is -1.51. The van der Waals surface area contributed by atoms with Crippen LogP contribution in [-0.2, 0) is 9.53 Å². The molecule has 0 unspecified atom stereocenters. The first-order chi connectivity index (χ1) is 9.58. The van der Waals surface area contributed by atoms with Crippen molar-refractivity contribution in [2.24, 2.45) is 0 Å². The Balaban J connectivity index is 2.02. The summed E-state index contributed by atoms with van der Waals surface area (Å²) in [5, 5.41) is 0. The van der Waals surface area contributed by atoms with Crippen LogP contribution in [0.1, 0.15) is 24.4 Å². The number of morpholine rings is 1. The Morgan fingerprint density at radius 1 is 1.20 bits per heavy atom. The Morgan fingerprint density at radius 3 is 2.60 bits per heavy atom. The van der Waals surface area contributed by atoms with Gasteiger partial charge < -0.3 is 9.64 Å². The number of fused-ring (bicyclic) bond motifs is 1. The normalized spacial score (nSPS) is 22.6. The van der Waals surface area contributed by atoms with E-state index in [1.54, 1.807) is 0 Å². The lowest BCUT2D eigenvalue weighted by Crippen LogP contribution is -2.43. The van der Waals surface area contributed by atoms with E-state index in [2.05, 4.69) is 0 Å². The second-order valence-electron chi connectivity index (χ2n) is 4.83. The number of carbonyl (C=O) groups is 1. The van der Waals surface area contributed by atoms with Crippen molar-refractivity contribution in [2.75, 3.05) is 13.2 Å². The summed E-state index contributed by atoms with van der Waals surface area (Å²) in [6.45, 7) is 0.433. The lowest BCUT2D eigenvalue weighted by molar-refractivity contribution is -0.136. The van der Waals surface area contributed by atoms with Gasteiger partial charge in [0.05, 0.1) is 19.3 Å². The van der Waals surface area contributed by atoms with Crippen LogP contribution in [0.3, 0.4) is 0 Å². The summed E-state index contributed by atoms with van der Waals surface area (Å²) in [5.74, 6) is -4.15. The highest BCUT2D eigenvalue weighted by molar-refractivity contribution is 5.80. The van der Waals surface area contributed by atoms with Crippen molar-refractivity contribution in [1.29, 1.82) is 0 Å². The third-order valence-electron chi connectivity index (χ3n) is 3.54. The first kappa shape index (κ1) is 13.2. The van der Waals surface area contributed by atoms with Gasteiger partial charge in [-0.3, -0.25) is 4.79 Å². The molecule has 0 spiro atoms. The number of ether oxygens (including phenoxy) is 1. The molecule has 20 heavy (non-hydrogen) atoms. The van der Waals surface area contributed by atoms with Crippen molar-refractivity contribution >= 4 is 5.91 Å². The maximum atomic E-state index is 13.3. The van der Waals surface area contributed by atoms with E-state index >= 15 is 0 Å². The second kappa shape index (κ2) is 4.94. The molecule has 1 atom stereocenters. The first-order valence-corrected chi connectivity index (χ1v) is 6.31. The number of amides is 1. The Hall–Kier alpha value is -1.82. The van der Waals surface area contributed by atoms with Gasteiger partial charge in [0, 0.05) is 12.1 Å². The van der Waals surface area contributed by atoms with Gasteiger partial charge in [-0.15, -0.1) is 0 Å². The van der Waals surface area contributed by atoms with Crippen LogP contribution in [-0.4, -0.2) is 24.0 Å². The number of nitrogens with zero attached hydrogens (tertiary/aromatic N) is 1. The van der Waals surface area contributed by atoms with Gasteiger partial charge in [-0.05, 0) is 24.1 Å². The fraction of sp³-hybridized carbons (Fsp3) is 0.357. The monoisotopic (exact) mass is 283 g/mol. The van der Waals surface area contributed by atoms with Crippen molar-refractivity contribution in [1.82, 2.24) is 4.90 Å². The third-order valence-corrected chi connectivity index (χ3v) is 3.54. The molecule has 3 rings (SSSR count). The summed E-state index contributed by atoms with van der Waals surface area (Å²) in [7, 11) is 0. The molecule has 1 fully saturated rings. The van der Waals surface area contributed by atoms with Gasteiger partial charge in [-0.1, -0.05) is 6.08 Å². The maximum Gasteiger partial charge on any atom is 0.227 e. The molecular formula is C14H12F3NO2. The molecule has 0 saturated carbocycles. The first-order valence-electron chi connectivity index (χ1n) is 6.31. The van der Waals surface area contributed by atoms with Crippen molar-refractivity contribution < 1.29 is 22.7 Å². The van der Waals surface area contributed by atoms with Crippen molar-refractivity contribution in [3.05, 3.63) is 46.9 Å². The lowest BCUT2D eigenvalue weighted by Gasteiger charge is -2.39. The SMILES string of the molecule is O=C1CCC=C2COC[C@H](c3cc(F)c(F)c(F)c3)N12. The molecule has 0 bridgehead atoms. The largest absolute Gasteiger partial charge is 0.373 e. The van der Waals surface area contributed by atoms with Crippen LogP contribution in [0.5, 0.6) is 0 Å². The fourth-order valence-corrected chi connectivity index (χ4v) is 2.61. The van der Waals surface area contributed by atoms with Crippen molar-refractivity contribution in [2.45, 2.75) is 18.9 Å². The molecule has 3 nitrogen and oxygen atoms in total. The van der Waals surface area contributed by atoms with Gasteiger partial charge >= 0.3 is 0 Å². The molecule has 1 aromatic rings. The van der Waals surface area contributed by atoms with Gasteiger partial charge in [-0.25, -0.2) is 13.2 Å². The Bertz CT molecular complexity index is 577. The maximum absolute atomic E-state index is 13.3. The summed E-state index contributed by atoms with van der Waals surface area (Å²) in [4.78, 5) is 13.5. The Morgan fingerprint density at radius 2 is 1.90 bits per heavy atom. The van der Waals surface area contributed by atoms with E-state index in [9.17, 15) is 18.0 Å². The molecule has 0 N–H and O–H groups in total. The second-order valence-corrected chi connectivity index (χ2v) is 4.83. The minimum Gasteiger partial charge on any atom is -0.373 e. The van der Waals surface area contributed by atoms with Gasteiger partial charge in [0.15, 0.2) is 17.5 Å². The molecule has 1 aromatic carbocycles. The molecule has 2 heterocycles. The number of carbonyl (C=O) groups excluding carboxylic acids is 1. The van der Waals surface area contributed by atoms with Gasteiger partial charge in [0.1, 0.15) is 0 Å². The molecular weight excluding hydrogens is 271 g/mol. The summed E-state index contributed by atoms with van der Waals surface area (Å²) in [6.07, 6.45) is 2.86. The van der Waals surface area contributed by atoms with Crippen LogP contribution >= 0.6 is 0 Å². The van der Waals surface area contributed by atoms with E-state index in [0.717, 1.165) is 12.1 Å². The van der Waals surface area contributed by atoms with E-state index in [4.69, 9.17) is 4.74 Å². The number of hydrogen-bond donors (Lipinski definition) is 0. The lowest BCUT2D eigenvalue weighted by atomic mass is 10.00. The highest BCUT2D eigenvalue weighted by Gasteiger charge is 2.34. The summed E-state index contributed by atoms with van der Waals surface area (Å²) >= 11 is 0. The minimum absolute atomic E-state index is 0.110. The van der Waals surface area contributed by atoms with Crippen molar-refractivity contribution in [3.8, 4) is 0 Å². The van der Waals surface area contributed by atoms with E-state index < -0.39 is 23.5 Å². The third kappa shape index (κ3) is 2.10. The number of benzene rings is 1. The van der Waals surface area contributed by atoms with E-state index in [0.29, 0.717) is 25.1 Å². The number of allylic oxidation sites excluding steroid dienone is 1. The molecule has 6 heteroatoms. The van der Waals surface area contributed by atoms with E-state index in [1.807, 2.05) is 6.08 Å². The van der Waals surface area contributed by atoms with Crippen LogP contribution in [0.4, 0.5) is 13.2 Å². The molecule has 2 aliphatic heterocycles. The Labute approximate surface area is 113 Å². The van der Waals surface area contributed by atoms with Crippen LogP contribution in [0.2, 0.25) is 0 Å². The molecule has 0 aliphatic carbocycles. The van der Waals surface area contributed by atoms with E-state index in [-0.39, 0.29) is 18.1 Å². The average molecular weight is 283 g/mol. The number of hydrogen-bond acceptors (Lipinski definition) is 2. The summed E-state index contributed by atoms with van der Waals surface area (Å²) < 4.78 is 45.1. The van der Waals surface area contributed by atoms with Crippen LogP contribution in [0.15, 0.2) is 23.9 Å². The average Bonchev–Trinajstić information content (AvgIpc) is 2.44. The molecule has 106 valence electrons. The summed E-state index contributed by atoms with van der Waals surface area (Å²) in [6, 6.07) is 1.21. The van der Waals surface area contributed by atoms with E-state index in [1.165, 1.54) is 4.90 Å². The summed E-state index contributed by atoms with van der Waals surface area (Å²) in [5.41, 5.74) is 0.893.